The van der Waals surface area contributed by atoms with Gasteiger partial charge in [0, 0.05) is 67.3 Å². The Morgan fingerprint density at radius 3 is 2.74 bits per heavy atom. The van der Waals surface area contributed by atoms with Crippen LogP contribution in [0.2, 0.25) is 0 Å². The summed E-state index contributed by atoms with van der Waals surface area (Å²) in [5.41, 5.74) is 2.67. The summed E-state index contributed by atoms with van der Waals surface area (Å²) in [5, 5.41) is 19.7. The second-order valence-corrected chi connectivity index (χ2v) is 10.1. The van der Waals surface area contributed by atoms with Gasteiger partial charge in [-0.05, 0) is 43.2 Å². The smallest absolute Gasteiger partial charge is 0.254 e. The molecule has 6 rings (SSSR count). The maximum Gasteiger partial charge on any atom is 0.254 e. The minimum absolute atomic E-state index is 0.142. The maximum absolute atomic E-state index is 13.8. The summed E-state index contributed by atoms with van der Waals surface area (Å²) in [7, 11) is 0. The molecule has 0 unspecified atom stereocenters. The van der Waals surface area contributed by atoms with Gasteiger partial charge >= 0.3 is 0 Å². The zero-order valence-electron chi connectivity index (χ0n) is 20.6. The lowest BCUT2D eigenvalue weighted by Gasteiger charge is -2.54. The Bertz CT molecular complexity index is 1590. The van der Waals surface area contributed by atoms with Crippen LogP contribution in [0.3, 0.4) is 0 Å². The number of nitriles is 2. The number of benzene rings is 1. The van der Waals surface area contributed by atoms with Crippen molar-refractivity contribution in [1.29, 1.82) is 10.5 Å². The van der Waals surface area contributed by atoms with Crippen LogP contribution in [0, 0.1) is 28.5 Å². The molecular weight excluding hydrogens is 483 g/mol. The van der Waals surface area contributed by atoms with Crippen LogP contribution in [0.15, 0.2) is 55.2 Å². The summed E-state index contributed by atoms with van der Waals surface area (Å²) >= 11 is 0. The van der Waals surface area contributed by atoms with E-state index in [2.05, 4.69) is 36.7 Å². The molecule has 2 aliphatic heterocycles. The first-order valence-electron chi connectivity index (χ1n) is 12.6. The summed E-state index contributed by atoms with van der Waals surface area (Å²) in [6.45, 7) is 2.65. The molecule has 0 saturated carbocycles. The van der Waals surface area contributed by atoms with Gasteiger partial charge in [0.2, 0.25) is 0 Å². The fourth-order valence-electron chi connectivity index (χ4n) is 5.81. The lowest BCUT2D eigenvalue weighted by molar-refractivity contribution is -0.0348. The van der Waals surface area contributed by atoms with Crippen LogP contribution in [0.1, 0.15) is 35.2 Å². The lowest BCUT2D eigenvalue weighted by atomic mass is 9.83. The molecule has 2 aliphatic rings. The topological polar surface area (TPSA) is 118 Å². The van der Waals surface area contributed by atoms with Crippen molar-refractivity contribution in [1.82, 2.24) is 29.3 Å². The van der Waals surface area contributed by atoms with E-state index in [-0.39, 0.29) is 22.6 Å². The Morgan fingerprint density at radius 2 is 1.97 bits per heavy atom. The quantitative estimate of drug-likeness (QED) is 0.440. The third kappa shape index (κ3) is 4.09. The predicted molar refractivity (Wildman–Crippen MR) is 137 cm³/mol. The second-order valence-electron chi connectivity index (χ2n) is 10.1. The molecular formula is C28H25FN8O. The van der Waals surface area contributed by atoms with E-state index >= 15 is 0 Å². The number of aromatic nitrogens is 4. The number of halogens is 1. The molecule has 38 heavy (non-hydrogen) atoms. The van der Waals surface area contributed by atoms with Gasteiger partial charge in [0.15, 0.2) is 0 Å². The first kappa shape index (κ1) is 23.8. The van der Waals surface area contributed by atoms with E-state index in [1.165, 1.54) is 12.1 Å². The monoisotopic (exact) mass is 508 g/mol. The molecule has 0 atom stereocenters. The summed E-state index contributed by atoms with van der Waals surface area (Å²) in [5.74, 6) is -0.829. The number of nitrogens with one attached hydrogen (secondary N) is 1. The maximum atomic E-state index is 13.8. The van der Waals surface area contributed by atoms with Crippen molar-refractivity contribution in [3.8, 4) is 23.4 Å². The molecule has 4 aromatic rings. The Morgan fingerprint density at radius 1 is 1.16 bits per heavy atom. The SMILES string of the molecule is N#CCC1(n2ccc(-c3ncnc4[nH]ccc34)c2)CN(C2CCN(C(=O)c3cc(F)cc(C#N)c3)CC2)C1. The Hall–Kier alpha value is -4.54. The molecule has 10 heteroatoms. The fraction of sp³-hybridized carbons (Fsp3) is 0.321. The van der Waals surface area contributed by atoms with Crippen LogP contribution in [0.4, 0.5) is 4.39 Å². The van der Waals surface area contributed by atoms with Crippen molar-refractivity contribution in [3.63, 3.8) is 0 Å². The second kappa shape index (κ2) is 9.40. The van der Waals surface area contributed by atoms with Gasteiger partial charge in [-0.1, -0.05) is 0 Å². The standard InChI is InChI=1S/C28H25FN8O/c29-22-12-19(14-31)11-21(13-22)27(38)35-8-3-23(4-9-35)36-16-28(17-36,5-6-30)37-10-2-20(15-37)25-24-1-7-32-26(24)34-18-33-25/h1-2,7,10-13,15,18,23H,3-5,8-9,16-17H2,(H,32,33,34). The van der Waals surface area contributed by atoms with Gasteiger partial charge in [0.25, 0.3) is 5.91 Å². The first-order valence-corrected chi connectivity index (χ1v) is 12.6. The first-order chi connectivity index (χ1) is 18.5. The number of aromatic amines is 1. The molecule has 1 aromatic carbocycles. The van der Waals surface area contributed by atoms with Crippen LogP contribution in [-0.4, -0.2) is 67.4 Å². The van der Waals surface area contributed by atoms with Gasteiger partial charge in [0.1, 0.15) is 17.8 Å². The number of likely N-dealkylation sites (tertiary alicyclic amines) is 2. The van der Waals surface area contributed by atoms with E-state index in [1.54, 1.807) is 11.2 Å². The van der Waals surface area contributed by atoms with Gasteiger partial charge in [-0.3, -0.25) is 9.69 Å². The minimum atomic E-state index is -0.581. The summed E-state index contributed by atoms with van der Waals surface area (Å²) < 4.78 is 16.0. The zero-order chi connectivity index (χ0) is 26.3. The van der Waals surface area contributed by atoms with Gasteiger partial charge < -0.3 is 14.5 Å². The fourth-order valence-corrected chi connectivity index (χ4v) is 5.81. The number of carbonyl (C=O) groups is 1. The van der Waals surface area contributed by atoms with Crippen LogP contribution in [0.5, 0.6) is 0 Å². The third-order valence-corrected chi connectivity index (χ3v) is 7.81. The molecule has 0 spiro atoms. The van der Waals surface area contributed by atoms with E-state index in [9.17, 15) is 14.4 Å². The highest BCUT2D eigenvalue weighted by molar-refractivity contribution is 5.94. The molecule has 0 radical (unpaired) electrons. The number of nitrogens with zero attached hydrogens (tertiary/aromatic N) is 7. The van der Waals surface area contributed by atoms with Crippen LogP contribution in [-0.2, 0) is 5.54 Å². The molecule has 3 aromatic heterocycles. The molecule has 2 fully saturated rings. The van der Waals surface area contributed by atoms with E-state index in [0.29, 0.717) is 25.6 Å². The van der Waals surface area contributed by atoms with Crippen molar-refractivity contribution in [2.45, 2.75) is 30.8 Å². The predicted octanol–water partition coefficient (Wildman–Crippen LogP) is 3.67. The minimum Gasteiger partial charge on any atom is -0.346 e. The number of hydrogen-bond acceptors (Lipinski definition) is 6. The summed E-state index contributed by atoms with van der Waals surface area (Å²) in [6, 6.07) is 12.3. The van der Waals surface area contributed by atoms with Crippen molar-refractivity contribution in [2.24, 2.45) is 0 Å². The molecule has 190 valence electrons. The van der Waals surface area contributed by atoms with Gasteiger partial charge in [-0.2, -0.15) is 10.5 Å². The largest absolute Gasteiger partial charge is 0.346 e. The highest BCUT2D eigenvalue weighted by Gasteiger charge is 2.47. The highest BCUT2D eigenvalue weighted by Crippen LogP contribution is 2.38. The average Bonchev–Trinajstić information content (AvgIpc) is 3.60. The number of carbonyl (C=O) groups excluding carboxylic acids is 1. The molecule has 1 N–H and O–H groups in total. The number of H-pyrrole nitrogens is 1. The van der Waals surface area contributed by atoms with E-state index in [0.717, 1.165) is 54.3 Å². The average molecular weight is 509 g/mol. The summed E-state index contributed by atoms with van der Waals surface area (Å²) in [6.07, 6.45) is 9.51. The Balaban J connectivity index is 1.12. The van der Waals surface area contributed by atoms with Crippen LogP contribution >= 0.6 is 0 Å². The zero-order valence-corrected chi connectivity index (χ0v) is 20.6. The normalized spacial score (nSPS) is 17.6. The number of hydrogen-bond donors (Lipinski definition) is 1. The molecule has 5 heterocycles. The number of rotatable bonds is 5. The van der Waals surface area contributed by atoms with Crippen molar-refractivity contribution in [2.75, 3.05) is 26.2 Å². The Labute approximate surface area is 218 Å². The third-order valence-electron chi connectivity index (χ3n) is 7.81. The molecule has 0 bridgehead atoms. The molecule has 1 amide bonds. The van der Waals surface area contributed by atoms with Gasteiger partial charge in [0.05, 0.1) is 35.4 Å². The van der Waals surface area contributed by atoms with E-state index in [4.69, 9.17) is 5.26 Å². The number of fused-ring (bicyclic) bond motifs is 1. The highest BCUT2D eigenvalue weighted by atomic mass is 19.1. The molecule has 9 nitrogen and oxygen atoms in total. The molecule has 2 saturated heterocycles. The van der Waals surface area contributed by atoms with E-state index < -0.39 is 5.82 Å². The van der Waals surface area contributed by atoms with Gasteiger partial charge in [-0.25, -0.2) is 14.4 Å². The molecule has 0 aliphatic carbocycles. The van der Waals surface area contributed by atoms with Crippen LogP contribution < -0.4 is 0 Å². The number of amides is 1. The van der Waals surface area contributed by atoms with Crippen LogP contribution in [0.25, 0.3) is 22.3 Å². The summed E-state index contributed by atoms with van der Waals surface area (Å²) in [4.78, 5) is 28.9. The van der Waals surface area contributed by atoms with Gasteiger partial charge in [-0.15, -0.1) is 0 Å². The number of piperidine rings is 1. The lowest BCUT2D eigenvalue weighted by Crippen LogP contribution is -2.66. The van der Waals surface area contributed by atoms with Crippen molar-refractivity contribution >= 4 is 16.9 Å². The Kier molecular flexibility index (Phi) is 5.90. The van der Waals surface area contributed by atoms with Crippen molar-refractivity contribution in [3.05, 3.63) is 72.2 Å². The van der Waals surface area contributed by atoms with Crippen molar-refractivity contribution < 1.29 is 9.18 Å². The van der Waals surface area contributed by atoms with E-state index in [1.807, 2.05) is 30.6 Å².